The van der Waals surface area contributed by atoms with E-state index in [1.165, 1.54) is 6.20 Å². The quantitative estimate of drug-likeness (QED) is 0.136. The van der Waals surface area contributed by atoms with Gasteiger partial charge in [0.05, 0.1) is 16.9 Å². The lowest BCUT2D eigenvalue weighted by atomic mass is 9.77. The van der Waals surface area contributed by atoms with E-state index in [-0.39, 0.29) is 24.2 Å². The van der Waals surface area contributed by atoms with Gasteiger partial charge < -0.3 is 19.7 Å². The van der Waals surface area contributed by atoms with Crippen LogP contribution in [0.2, 0.25) is 0 Å². The van der Waals surface area contributed by atoms with Crippen LogP contribution in [0.4, 0.5) is 24.2 Å². The third kappa shape index (κ3) is 7.84. The molecule has 0 saturated carbocycles. The third-order valence-corrected chi connectivity index (χ3v) is 9.53. The summed E-state index contributed by atoms with van der Waals surface area (Å²) in [6, 6.07) is 39.7. The molecule has 4 aromatic carbocycles. The fourth-order valence-electron chi connectivity index (χ4n) is 7.25. The molecular formula is C43H42F2N6O4. The van der Waals surface area contributed by atoms with Crippen molar-refractivity contribution in [1.29, 1.82) is 0 Å². The maximum absolute atomic E-state index is 13.8. The molecule has 2 N–H and O–H groups in total. The van der Waals surface area contributed by atoms with Gasteiger partial charge in [-0.2, -0.15) is 0 Å². The van der Waals surface area contributed by atoms with Gasteiger partial charge in [0.1, 0.15) is 17.0 Å². The van der Waals surface area contributed by atoms with Crippen molar-refractivity contribution in [3.8, 4) is 5.88 Å². The number of carbonyl (C=O) groups is 2. The zero-order chi connectivity index (χ0) is 38.6. The van der Waals surface area contributed by atoms with Crippen molar-refractivity contribution in [2.24, 2.45) is 0 Å². The number of nitrogens with one attached hydrogen (secondary N) is 2. The van der Waals surface area contributed by atoms with Gasteiger partial charge in [0.25, 0.3) is 6.43 Å². The van der Waals surface area contributed by atoms with Crippen molar-refractivity contribution in [1.82, 2.24) is 25.0 Å². The van der Waals surface area contributed by atoms with Crippen molar-refractivity contribution in [2.45, 2.75) is 50.3 Å². The Balaban J connectivity index is 1.29. The summed E-state index contributed by atoms with van der Waals surface area (Å²) in [6.45, 7) is 5.16. The molecule has 1 aliphatic heterocycles. The number of amides is 3. The topological polar surface area (TPSA) is 111 Å². The number of halogens is 2. The molecule has 282 valence electrons. The van der Waals surface area contributed by atoms with E-state index in [1.54, 1.807) is 15.6 Å². The molecule has 2 atom stereocenters. The molecule has 0 radical (unpaired) electrons. The van der Waals surface area contributed by atoms with Gasteiger partial charge in [-0.3, -0.25) is 5.32 Å². The first-order chi connectivity index (χ1) is 26.5. The smallest absolute Gasteiger partial charge is 0.410 e. The summed E-state index contributed by atoms with van der Waals surface area (Å²) in [5.41, 5.74) is 2.20. The van der Waals surface area contributed by atoms with E-state index >= 15 is 0 Å². The molecule has 1 aliphatic rings. The molecule has 1 saturated heterocycles. The van der Waals surface area contributed by atoms with Gasteiger partial charge >= 0.3 is 12.1 Å². The molecule has 2 aromatic heterocycles. The minimum absolute atomic E-state index is 0.0233. The summed E-state index contributed by atoms with van der Waals surface area (Å²) in [5, 5.41) is 11.2. The molecule has 10 nitrogen and oxygen atoms in total. The van der Waals surface area contributed by atoms with Crippen LogP contribution in [-0.4, -0.2) is 69.6 Å². The highest BCUT2D eigenvalue weighted by Gasteiger charge is 2.42. The number of nitrogens with zero attached hydrogens (tertiary/aromatic N) is 4. The van der Waals surface area contributed by atoms with E-state index in [1.807, 2.05) is 142 Å². The predicted molar refractivity (Wildman–Crippen MR) is 207 cm³/mol. The molecule has 0 aliphatic carbocycles. The summed E-state index contributed by atoms with van der Waals surface area (Å²) >= 11 is 0. The molecule has 0 unspecified atom stereocenters. The van der Waals surface area contributed by atoms with Crippen LogP contribution < -0.4 is 15.4 Å². The zero-order valence-electron chi connectivity index (χ0n) is 30.7. The molecular weight excluding hydrogens is 703 g/mol. The number of hydrogen-bond donors (Lipinski definition) is 2. The number of urea groups is 1. The van der Waals surface area contributed by atoms with Gasteiger partial charge in [-0.1, -0.05) is 121 Å². The summed E-state index contributed by atoms with van der Waals surface area (Å²) in [5.74, 6) is -0.0353. The van der Waals surface area contributed by atoms with Crippen molar-refractivity contribution in [3.05, 3.63) is 156 Å². The first kappa shape index (κ1) is 37.0. The first-order valence-corrected chi connectivity index (χ1v) is 18.1. The Hall–Kier alpha value is -6.30. The molecule has 1 fully saturated rings. The second-order valence-electron chi connectivity index (χ2n) is 14.4. The number of ether oxygens (including phenoxy) is 2. The number of carbonyl (C=O) groups excluding carboxylic acids is 2. The minimum atomic E-state index is -2.73. The Morgan fingerprint density at radius 1 is 0.818 bits per heavy atom. The maximum atomic E-state index is 13.8. The Morgan fingerprint density at radius 2 is 1.36 bits per heavy atom. The zero-order valence-corrected chi connectivity index (χ0v) is 30.7. The minimum Gasteiger partial charge on any atom is -0.470 e. The molecule has 55 heavy (non-hydrogen) atoms. The van der Waals surface area contributed by atoms with Crippen LogP contribution >= 0.6 is 0 Å². The number of rotatable bonds is 10. The average molecular weight is 745 g/mol. The monoisotopic (exact) mass is 744 g/mol. The molecule has 3 amide bonds. The number of aromatic nitrogens is 3. The summed E-state index contributed by atoms with van der Waals surface area (Å²) < 4.78 is 40.1. The molecule has 12 heteroatoms. The van der Waals surface area contributed by atoms with Gasteiger partial charge in [0, 0.05) is 31.3 Å². The Morgan fingerprint density at radius 3 is 1.89 bits per heavy atom. The van der Waals surface area contributed by atoms with Gasteiger partial charge in [0.15, 0.2) is 6.61 Å². The fraction of sp³-hybridized carbons (Fsp3) is 0.256. The number of anilines is 1. The SMILES string of the molecule is CC(C)(C)OC(=O)N1C[C@H](NC(=O)Nc2cc3c(cn2)c(OCC(F)F)nn3C(c2ccccc2)(c2ccccc2)c2ccccc2)[C@@H](c2ccccc2)C1. The van der Waals surface area contributed by atoms with Gasteiger partial charge in [-0.15, -0.1) is 5.10 Å². The number of alkyl halides is 2. The van der Waals surface area contributed by atoms with Crippen LogP contribution in [0.15, 0.2) is 134 Å². The van der Waals surface area contributed by atoms with Crippen LogP contribution in [0.25, 0.3) is 10.9 Å². The Kier molecular flexibility index (Phi) is 10.5. The van der Waals surface area contributed by atoms with E-state index in [0.717, 1.165) is 22.3 Å². The third-order valence-electron chi connectivity index (χ3n) is 9.53. The highest BCUT2D eigenvalue weighted by molar-refractivity contribution is 5.93. The predicted octanol–water partition coefficient (Wildman–Crippen LogP) is 8.44. The van der Waals surface area contributed by atoms with Crippen molar-refractivity contribution < 1.29 is 27.8 Å². The lowest BCUT2D eigenvalue weighted by Crippen LogP contribution is -2.43. The normalized spacial score (nSPS) is 15.9. The van der Waals surface area contributed by atoms with E-state index in [2.05, 4.69) is 15.6 Å². The number of pyridine rings is 1. The van der Waals surface area contributed by atoms with Crippen molar-refractivity contribution in [2.75, 3.05) is 25.0 Å². The summed E-state index contributed by atoms with van der Waals surface area (Å²) in [7, 11) is 0. The average Bonchev–Trinajstić information content (AvgIpc) is 3.77. The second kappa shape index (κ2) is 15.6. The Bertz CT molecular complexity index is 2140. The lowest BCUT2D eigenvalue weighted by Gasteiger charge is -2.36. The second-order valence-corrected chi connectivity index (χ2v) is 14.4. The fourth-order valence-corrected chi connectivity index (χ4v) is 7.25. The number of benzene rings is 4. The molecule has 3 heterocycles. The largest absolute Gasteiger partial charge is 0.470 e. The highest BCUT2D eigenvalue weighted by atomic mass is 19.3. The summed E-state index contributed by atoms with van der Waals surface area (Å²) in [6.07, 6.45) is -1.73. The van der Waals surface area contributed by atoms with E-state index in [4.69, 9.17) is 14.6 Å². The number of fused-ring (bicyclic) bond motifs is 1. The maximum Gasteiger partial charge on any atom is 0.410 e. The van der Waals surface area contributed by atoms with E-state index < -0.39 is 42.3 Å². The molecule has 7 rings (SSSR count). The number of hydrogen-bond acceptors (Lipinski definition) is 6. The standard InChI is InChI=1S/C43H42F2N6O4/c1-42(2,3)55-41(53)50-26-34(29-16-8-4-9-17-29)35(27-50)47-40(52)48-38-24-36-33(25-46-38)39(54-28-37(44)45)49-51(36)43(30-18-10-5-11-19-30,31-20-12-6-13-21-31)32-22-14-7-15-23-32/h4-25,34-35,37H,26-28H2,1-3H3,(H2,46,47,48,52)/t34-,35+/m1/s1. The highest BCUT2D eigenvalue weighted by Crippen LogP contribution is 2.44. The molecule has 0 spiro atoms. The van der Waals surface area contributed by atoms with Gasteiger partial charge in [0.2, 0.25) is 5.88 Å². The number of likely N-dealkylation sites (tertiary alicyclic amines) is 1. The van der Waals surface area contributed by atoms with Gasteiger partial charge in [-0.05, 0) is 43.0 Å². The van der Waals surface area contributed by atoms with Crippen molar-refractivity contribution in [3.63, 3.8) is 0 Å². The van der Waals surface area contributed by atoms with Gasteiger partial charge in [-0.25, -0.2) is 28.0 Å². The molecule has 0 bridgehead atoms. The first-order valence-electron chi connectivity index (χ1n) is 18.1. The van der Waals surface area contributed by atoms with Crippen molar-refractivity contribution >= 4 is 28.8 Å². The Labute approximate surface area is 318 Å². The van der Waals surface area contributed by atoms with Crippen LogP contribution in [0.1, 0.15) is 48.9 Å². The van der Waals surface area contributed by atoms with Crippen LogP contribution in [-0.2, 0) is 10.3 Å². The van der Waals surface area contributed by atoms with Crippen LogP contribution in [0.5, 0.6) is 5.88 Å². The van der Waals surface area contributed by atoms with Crippen LogP contribution in [0.3, 0.4) is 0 Å². The molecule has 6 aromatic rings. The van der Waals surface area contributed by atoms with Crippen LogP contribution in [0, 0.1) is 0 Å². The van der Waals surface area contributed by atoms with E-state index in [9.17, 15) is 18.4 Å². The lowest BCUT2D eigenvalue weighted by molar-refractivity contribution is 0.0289. The van der Waals surface area contributed by atoms with E-state index in [0.29, 0.717) is 17.4 Å². The summed E-state index contributed by atoms with van der Waals surface area (Å²) in [4.78, 5) is 33.0.